The predicted molar refractivity (Wildman–Crippen MR) is 67.4 cm³/mol. The number of hydrogen-bond donors (Lipinski definition) is 3. The number of aryl methyl sites for hydroxylation is 1. The number of primary amides is 1. The van der Waals surface area contributed by atoms with Gasteiger partial charge in [0.25, 0.3) is 5.91 Å². The third-order valence-electron chi connectivity index (χ3n) is 2.66. The van der Waals surface area contributed by atoms with Crippen LogP contribution in [0.1, 0.15) is 35.7 Å². The number of nitrogens with two attached hydrogens (primary N) is 1. The Kier molecular flexibility index (Phi) is 4.65. The fourth-order valence-corrected chi connectivity index (χ4v) is 1.68. The fraction of sp³-hybridized carbons (Fsp3) is 0.417. The van der Waals surface area contributed by atoms with Crippen LogP contribution in [0.15, 0.2) is 12.3 Å². The Morgan fingerprint density at radius 1 is 1.56 bits per heavy atom. The van der Waals surface area contributed by atoms with E-state index in [-0.39, 0.29) is 12.5 Å². The molecule has 98 valence electrons. The summed E-state index contributed by atoms with van der Waals surface area (Å²) >= 11 is 0. The lowest BCUT2D eigenvalue weighted by Crippen LogP contribution is -2.25. The van der Waals surface area contributed by atoms with Gasteiger partial charge in [0, 0.05) is 12.2 Å². The van der Waals surface area contributed by atoms with Crippen molar-refractivity contribution in [2.75, 3.05) is 5.32 Å². The molecule has 1 aromatic rings. The van der Waals surface area contributed by atoms with Gasteiger partial charge in [0.15, 0.2) is 0 Å². The molecule has 0 aliphatic heterocycles. The van der Waals surface area contributed by atoms with E-state index in [1.807, 2.05) is 6.92 Å². The monoisotopic (exact) mass is 251 g/mol. The van der Waals surface area contributed by atoms with Gasteiger partial charge in [-0.15, -0.1) is 0 Å². The summed E-state index contributed by atoms with van der Waals surface area (Å²) in [5.74, 6) is -1.13. The van der Waals surface area contributed by atoms with E-state index in [9.17, 15) is 9.59 Å². The smallest absolute Gasteiger partial charge is 0.305 e. The van der Waals surface area contributed by atoms with Gasteiger partial charge in [-0.05, 0) is 25.0 Å². The highest BCUT2D eigenvalue weighted by atomic mass is 16.4. The molecule has 1 rings (SSSR count). The topological polar surface area (TPSA) is 105 Å². The number of aromatic nitrogens is 1. The molecule has 0 saturated carbocycles. The van der Waals surface area contributed by atoms with Crippen LogP contribution >= 0.6 is 0 Å². The van der Waals surface area contributed by atoms with Gasteiger partial charge in [-0.1, -0.05) is 6.92 Å². The summed E-state index contributed by atoms with van der Waals surface area (Å²) in [5, 5.41) is 11.7. The first-order valence-corrected chi connectivity index (χ1v) is 5.69. The van der Waals surface area contributed by atoms with Crippen LogP contribution in [0.5, 0.6) is 0 Å². The lowest BCUT2D eigenvalue weighted by molar-refractivity contribution is -0.137. The molecular weight excluding hydrogens is 234 g/mol. The fourth-order valence-electron chi connectivity index (χ4n) is 1.68. The maximum Gasteiger partial charge on any atom is 0.305 e. The molecule has 0 bridgehead atoms. The van der Waals surface area contributed by atoms with E-state index in [2.05, 4.69) is 10.3 Å². The first-order chi connectivity index (χ1) is 8.45. The molecule has 1 heterocycles. The molecule has 4 N–H and O–H groups in total. The largest absolute Gasteiger partial charge is 0.481 e. The van der Waals surface area contributed by atoms with E-state index in [4.69, 9.17) is 10.8 Å². The Hall–Kier alpha value is -2.11. The molecule has 0 aliphatic rings. The molecule has 6 nitrogen and oxygen atoms in total. The summed E-state index contributed by atoms with van der Waals surface area (Å²) in [6, 6.07) is 1.40. The van der Waals surface area contributed by atoms with Crippen LogP contribution in [0.4, 0.5) is 5.82 Å². The molecule has 0 spiro atoms. The molecule has 0 aliphatic carbocycles. The zero-order valence-electron chi connectivity index (χ0n) is 10.4. The maximum absolute atomic E-state index is 11.4. The van der Waals surface area contributed by atoms with Crippen molar-refractivity contribution >= 4 is 17.7 Å². The average molecular weight is 251 g/mol. The van der Waals surface area contributed by atoms with Crippen LogP contribution in [0, 0.1) is 6.92 Å². The summed E-state index contributed by atoms with van der Waals surface area (Å²) in [6.07, 6.45) is 2.13. The first kappa shape index (κ1) is 14.0. The summed E-state index contributed by atoms with van der Waals surface area (Å²) in [7, 11) is 0. The minimum atomic E-state index is -0.900. The Bertz CT molecular complexity index is 460. The highest BCUT2D eigenvalue weighted by molar-refractivity contribution is 5.99. The number of hydrogen-bond acceptors (Lipinski definition) is 4. The van der Waals surface area contributed by atoms with Crippen LogP contribution in [0.3, 0.4) is 0 Å². The van der Waals surface area contributed by atoms with Gasteiger partial charge in [-0.25, -0.2) is 4.98 Å². The van der Waals surface area contributed by atoms with Gasteiger partial charge in [-0.2, -0.15) is 0 Å². The molecule has 0 saturated heterocycles. The molecule has 1 aromatic heterocycles. The zero-order chi connectivity index (χ0) is 13.7. The van der Waals surface area contributed by atoms with Crippen molar-refractivity contribution in [2.24, 2.45) is 5.73 Å². The van der Waals surface area contributed by atoms with E-state index < -0.39 is 11.9 Å². The number of carbonyl (C=O) groups is 2. The van der Waals surface area contributed by atoms with Crippen LogP contribution in [-0.2, 0) is 4.79 Å². The number of nitrogens with zero attached hydrogens (tertiary/aromatic N) is 1. The Labute approximate surface area is 105 Å². The zero-order valence-corrected chi connectivity index (χ0v) is 10.4. The minimum Gasteiger partial charge on any atom is -0.481 e. The predicted octanol–water partition coefficient (Wildman–Crippen LogP) is 1.15. The minimum absolute atomic E-state index is 0.0374. The number of carboxylic acid groups (broad SMARTS) is 1. The molecule has 18 heavy (non-hydrogen) atoms. The van der Waals surface area contributed by atoms with E-state index in [0.717, 1.165) is 0 Å². The molecule has 6 heteroatoms. The van der Waals surface area contributed by atoms with Crippen molar-refractivity contribution < 1.29 is 14.7 Å². The number of carboxylic acids is 1. The lowest BCUT2D eigenvalue weighted by Gasteiger charge is -2.17. The number of amides is 1. The molecule has 1 amide bonds. The van der Waals surface area contributed by atoms with Crippen LogP contribution in [0.25, 0.3) is 0 Å². The summed E-state index contributed by atoms with van der Waals surface area (Å²) in [6.45, 7) is 3.62. The standard InChI is InChI=1S/C12H17N3O3/c1-3-8(6-9(16)17)15-12-10(11(13)18)7(2)4-5-14-12/h4-5,8H,3,6H2,1-2H3,(H2,13,18)(H,14,15)(H,16,17). The van der Waals surface area contributed by atoms with Gasteiger partial charge in [0.05, 0.1) is 12.0 Å². The highest BCUT2D eigenvalue weighted by Crippen LogP contribution is 2.18. The van der Waals surface area contributed by atoms with Gasteiger partial charge in [0.1, 0.15) is 5.82 Å². The second kappa shape index (κ2) is 6.00. The van der Waals surface area contributed by atoms with Gasteiger partial charge < -0.3 is 16.2 Å². The van der Waals surface area contributed by atoms with Crippen molar-refractivity contribution in [2.45, 2.75) is 32.7 Å². The van der Waals surface area contributed by atoms with Gasteiger partial charge >= 0.3 is 5.97 Å². The maximum atomic E-state index is 11.4. The van der Waals surface area contributed by atoms with E-state index in [1.165, 1.54) is 0 Å². The summed E-state index contributed by atoms with van der Waals surface area (Å²) in [5.41, 5.74) is 6.32. The van der Waals surface area contributed by atoms with Gasteiger partial charge in [0.2, 0.25) is 0 Å². The van der Waals surface area contributed by atoms with Crippen molar-refractivity contribution in [3.63, 3.8) is 0 Å². The second-order valence-electron chi connectivity index (χ2n) is 4.06. The van der Waals surface area contributed by atoms with E-state index in [1.54, 1.807) is 19.2 Å². The quantitative estimate of drug-likeness (QED) is 0.703. The number of rotatable bonds is 6. The van der Waals surface area contributed by atoms with E-state index in [0.29, 0.717) is 23.4 Å². The normalized spacial score (nSPS) is 11.9. The summed E-state index contributed by atoms with van der Waals surface area (Å²) in [4.78, 5) is 26.1. The van der Waals surface area contributed by atoms with Crippen LogP contribution < -0.4 is 11.1 Å². The molecule has 0 radical (unpaired) electrons. The molecule has 0 aromatic carbocycles. The van der Waals surface area contributed by atoms with Crippen LogP contribution in [0.2, 0.25) is 0 Å². The number of anilines is 1. The highest BCUT2D eigenvalue weighted by Gasteiger charge is 2.17. The molecule has 1 unspecified atom stereocenters. The van der Waals surface area contributed by atoms with Crippen LogP contribution in [-0.4, -0.2) is 28.0 Å². The number of nitrogens with one attached hydrogen (secondary N) is 1. The third-order valence-corrected chi connectivity index (χ3v) is 2.66. The van der Waals surface area contributed by atoms with Gasteiger partial charge in [-0.3, -0.25) is 9.59 Å². The van der Waals surface area contributed by atoms with E-state index >= 15 is 0 Å². The third kappa shape index (κ3) is 3.44. The Balaban J connectivity index is 2.99. The lowest BCUT2D eigenvalue weighted by atomic mass is 10.1. The molecule has 0 fully saturated rings. The average Bonchev–Trinajstić information content (AvgIpc) is 2.27. The van der Waals surface area contributed by atoms with Crippen molar-refractivity contribution in [1.29, 1.82) is 0 Å². The number of aliphatic carboxylic acids is 1. The van der Waals surface area contributed by atoms with Crippen molar-refractivity contribution in [1.82, 2.24) is 4.98 Å². The number of pyridine rings is 1. The molecule has 1 atom stereocenters. The summed E-state index contributed by atoms with van der Waals surface area (Å²) < 4.78 is 0. The first-order valence-electron chi connectivity index (χ1n) is 5.69. The van der Waals surface area contributed by atoms with Crippen molar-refractivity contribution in [3.8, 4) is 0 Å². The molecular formula is C12H17N3O3. The Morgan fingerprint density at radius 2 is 2.22 bits per heavy atom. The SMILES string of the molecule is CCC(CC(=O)O)Nc1nccc(C)c1C(N)=O. The number of carbonyl (C=O) groups excluding carboxylic acids is 1. The second-order valence-corrected chi connectivity index (χ2v) is 4.06. The Morgan fingerprint density at radius 3 is 2.72 bits per heavy atom. The van der Waals surface area contributed by atoms with Crippen molar-refractivity contribution in [3.05, 3.63) is 23.4 Å².